The summed E-state index contributed by atoms with van der Waals surface area (Å²) in [5.41, 5.74) is 0. The number of aliphatic hydroxyl groups excluding tert-OH is 1. The first-order valence-electron chi connectivity index (χ1n) is 5.29. The highest BCUT2D eigenvalue weighted by Gasteiger charge is 2.27. The molecule has 0 saturated carbocycles. The van der Waals surface area contributed by atoms with Crippen molar-refractivity contribution in [1.29, 1.82) is 0 Å². The largest absolute Gasteiger partial charge is 0.394 e. The highest BCUT2D eigenvalue weighted by atomic mass is 16.3. The van der Waals surface area contributed by atoms with E-state index in [2.05, 4.69) is 10.6 Å². The van der Waals surface area contributed by atoms with Crippen molar-refractivity contribution >= 4 is 5.91 Å². The van der Waals surface area contributed by atoms with Gasteiger partial charge in [-0.15, -0.1) is 0 Å². The van der Waals surface area contributed by atoms with Crippen molar-refractivity contribution in [2.45, 2.75) is 38.8 Å². The molecule has 1 aliphatic rings. The Kier molecular flexibility index (Phi) is 4.35. The molecule has 1 aliphatic heterocycles. The van der Waals surface area contributed by atoms with Gasteiger partial charge in [-0.25, -0.2) is 0 Å². The number of hydrogen-bond donors (Lipinski definition) is 3. The number of amides is 1. The molecular formula is C10H20N2O2. The molecule has 3 atom stereocenters. The summed E-state index contributed by atoms with van der Waals surface area (Å²) >= 11 is 0. The summed E-state index contributed by atoms with van der Waals surface area (Å²) < 4.78 is 0. The molecular weight excluding hydrogens is 180 g/mol. The molecule has 1 amide bonds. The quantitative estimate of drug-likeness (QED) is 0.595. The van der Waals surface area contributed by atoms with Gasteiger partial charge in [0.05, 0.1) is 12.5 Å². The summed E-state index contributed by atoms with van der Waals surface area (Å²) in [7, 11) is 0. The van der Waals surface area contributed by atoms with Crippen LogP contribution in [0.2, 0.25) is 0 Å². The molecule has 1 fully saturated rings. The van der Waals surface area contributed by atoms with Gasteiger partial charge >= 0.3 is 0 Å². The van der Waals surface area contributed by atoms with E-state index in [0.29, 0.717) is 0 Å². The summed E-state index contributed by atoms with van der Waals surface area (Å²) in [5.74, 6) is 0.115. The Morgan fingerprint density at radius 2 is 2.43 bits per heavy atom. The maximum atomic E-state index is 11.7. The van der Waals surface area contributed by atoms with E-state index in [9.17, 15) is 4.79 Å². The number of hydrogen-bond acceptors (Lipinski definition) is 3. The van der Waals surface area contributed by atoms with Crippen molar-refractivity contribution in [2.24, 2.45) is 5.92 Å². The van der Waals surface area contributed by atoms with Crippen LogP contribution < -0.4 is 10.6 Å². The van der Waals surface area contributed by atoms with Crippen LogP contribution in [-0.2, 0) is 4.79 Å². The van der Waals surface area contributed by atoms with Gasteiger partial charge in [0, 0.05) is 12.1 Å². The lowest BCUT2D eigenvalue weighted by molar-refractivity contribution is -0.127. The highest BCUT2D eigenvalue weighted by Crippen LogP contribution is 2.16. The van der Waals surface area contributed by atoms with Gasteiger partial charge in [-0.3, -0.25) is 4.79 Å². The van der Waals surface area contributed by atoms with E-state index < -0.39 is 0 Å². The Labute approximate surface area is 85.1 Å². The molecule has 1 rings (SSSR count). The first-order chi connectivity index (χ1) is 6.65. The molecule has 4 heteroatoms. The molecule has 2 unspecified atom stereocenters. The van der Waals surface area contributed by atoms with Gasteiger partial charge in [0.15, 0.2) is 0 Å². The van der Waals surface area contributed by atoms with Gasteiger partial charge in [-0.2, -0.15) is 0 Å². The second-order valence-electron chi connectivity index (χ2n) is 4.08. The van der Waals surface area contributed by atoms with E-state index in [1.165, 1.54) is 0 Å². The molecule has 82 valence electrons. The Morgan fingerprint density at radius 3 is 3.00 bits per heavy atom. The normalized spacial score (nSPS) is 29.6. The lowest BCUT2D eigenvalue weighted by Gasteiger charge is -2.29. The fraction of sp³-hybridized carbons (Fsp3) is 0.900. The van der Waals surface area contributed by atoms with Crippen molar-refractivity contribution in [3.63, 3.8) is 0 Å². The maximum absolute atomic E-state index is 11.7. The monoisotopic (exact) mass is 200 g/mol. The summed E-state index contributed by atoms with van der Waals surface area (Å²) in [5, 5.41) is 14.9. The van der Waals surface area contributed by atoms with E-state index in [0.717, 1.165) is 19.4 Å². The number of nitrogens with one attached hydrogen (secondary N) is 2. The molecule has 0 bridgehead atoms. The first kappa shape index (κ1) is 11.5. The number of rotatable bonds is 3. The van der Waals surface area contributed by atoms with Crippen molar-refractivity contribution in [2.75, 3.05) is 13.2 Å². The predicted molar refractivity (Wildman–Crippen MR) is 54.9 cm³/mol. The van der Waals surface area contributed by atoms with E-state index in [4.69, 9.17) is 5.11 Å². The Hall–Kier alpha value is -0.610. The molecule has 1 heterocycles. The Balaban J connectivity index is 2.42. The van der Waals surface area contributed by atoms with Gasteiger partial charge in [-0.05, 0) is 33.2 Å². The third kappa shape index (κ3) is 2.96. The Morgan fingerprint density at radius 1 is 1.71 bits per heavy atom. The fourth-order valence-corrected chi connectivity index (χ4v) is 1.80. The number of piperidine rings is 1. The molecule has 0 radical (unpaired) electrons. The maximum Gasteiger partial charge on any atom is 0.224 e. The summed E-state index contributed by atoms with van der Waals surface area (Å²) in [4.78, 5) is 11.7. The number of carbonyl (C=O) groups excluding carboxylic acids is 1. The van der Waals surface area contributed by atoms with Crippen LogP contribution in [0.15, 0.2) is 0 Å². The molecule has 0 aromatic heterocycles. The van der Waals surface area contributed by atoms with Crippen LogP contribution >= 0.6 is 0 Å². The number of aliphatic hydroxyl groups is 1. The van der Waals surface area contributed by atoms with Gasteiger partial charge in [0.25, 0.3) is 0 Å². The molecule has 0 aliphatic carbocycles. The standard InChI is InChI=1S/C10H20N2O2/c1-7(6-13)12-10(14)9-4-3-5-11-8(9)2/h7-9,11,13H,3-6H2,1-2H3,(H,12,14)/t7-,8?,9?/m1/s1. The molecule has 1 saturated heterocycles. The third-order valence-corrected chi connectivity index (χ3v) is 2.76. The summed E-state index contributed by atoms with van der Waals surface area (Å²) in [6.07, 6.45) is 1.99. The van der Waals surface area contributed by atoms with Gasteiger partial charge in [0.2, 0.25) is 5.91 Å². The van der Waals surface area contributed by atoms with Crippen LogP contribution in [0.4, 0.5) is 0 Å². The Bertz CT molecular complexity index is 197. The zero-order chi connectivity index (χ0) is 10.6. The SMILES string of the molecule is CC1NCCCC1C(=O)N[C@H](C)CO. The van der Waals surface area contributed by atoms with Crippen molar-refractivity contribution in [3.05, 3.63) is 0 Å². The second-order valence-corrected chi connectivity index (χ2v) is 4.08. The molecule has 3 N–H and O–H groups in total. The average molecular weight is 200 g/mol. The number of carbonyl (C=O) groups is 1. The van der Waals surface area contributed by atoms with Crippen molar-refractivity contribution in [1.82, 2.24) is 10.6 Å². The predicted octanol–water partition coefficient (Wildman–Crippen LogP) is -0.128. The molecule has 14 heavy (non-hydrogen) atoms. The molecule has 0 spiro atoms. The topological polar surface area (TPSA) is 61.4 Å². The van der Waals surface area contributed by atoms with Gasteiger partial charge in [0.1, 0.15) is 0 Å². The van der Waals surface area contributed by atoms with E-state index >= 15 is 0 Å². The van der Waals surface area contributed by atoms with E-state index in [1.807, 2.05) is 6.92 Å². The smallest absolute Gasteiger partial charge is 0.224 e. The van der Waals surface area contributed by atoms with Gasteiger partial charge < -0.3 is 15.7 Å². The van der Waals surface area contributed by atoms with Crippen LogP contribution in [0.3, 0.4) is 0 Å². The average Bonchev–Trinajstić information content (AvgIpc) is 2.18. The van der Waals surface area contributed by atoms with Crippen LogP contribution in [0.1, 0.15) is 26.7 Å². The van der Waals surface area contributed by atoms with Crippen LogP contribution in [0.5, 0.6) is 0 Å². The van der Waals surface area contributed by atoms with E-state index in [1.54, 1.807) is 6.92 Å². The molecule has 0 aromatic carbocycles. The first-order valence-corrected chi connectivity index (χ1v) is 5.29. The molecule has 0 aromatic rings. The minimum atomic E-state index is -0.142. The lowest BCUT2D eigenvalue weighted by Crippen LogP contribution is -2.49. The van der Waals surface area contributed by atoms with Gasteiger partial charge in [-0.1, -0.05) is 0 Å². The fourth-order valence-electron chi connectivity index (χ4n) is 1.80. The highest BCUT2D eigenvalue weighted by molar-refractivity contribution is 5.79. The van der Waals surface area contributed by atoms with Crippen LogP contribution in [0.25, 0.3) is 0 Å². The zero-order valence-electron chi connectivity index (χ0n) is 8.92. The summed E-state index contributed by atoms with van der Waals surface area (Å²) in [6.45, 7) is 4.84. The minimum absolute atomic E-state index is 0.000267. The van der Waals surface area contributed by atoms with Crippen LogP contribution in [-0.4, -0.2) is 36.2 Å². The second kappa shape index (κ2) is 5.32. The minimum Gasteiger partial charge on any atom is -0.394 e. The molecule has 4 nitrogen and oxygen atoms in total. The van der Waals surface area contributed by atoms with Crippen LogP contribution in [0, 0.1) is 5.92 Å². The lowest BCUT2D eigenvalue weighted by atomic mass is 9.91. The van der Waals surface area contributed by atoms with Crippen molar-refractivity contribution in [3.8, 4) is 0 Å². The zero-order valence-corrected chi connectivity index (χ0v) is 8.92. The summed E-state index contributed by atoms with van der Waals surface area (Å²) in [6, 6.07) is 0.103. The van der Waals surface area contributed by atoms with E-state index in [-0.39, 0.29) is 30.5 Å². The van der Waals surface area contributed by atoms with Crippen molar-refractivity contribution < 1.29 is 9.90 Å². The third-order valence-electron chi connectivity index (χ3n) is 2.76.